The predicted molar refractivity (Wildman–Crippen MR) is 110 cm³/mol. The number of azo groups is 1. The van der Waals surface area contributed by atoms with Gasteiger partial charge in [0, 0.05) is 24.7 Å². The molecule has 0 amide bonds. The van der Waals surface area contributed by atoms with Crippen LogP contribution in [0.3, 0.4) is 0 Å². The number of pyridine rings is 1. The Morgan fingerprint density at radius 2 is 1.89 bits per heavy atom. The van der Waals surface area contributed by atoms with Gasteiger partial charge in [0.1, 0.15) is 0 Å². The molecule has 0 atom stereocenters. The number of benzene rings is 1. The second kappa shape index (κ2) is 8.69. The lowest BCUT2D eigenvalue weighted by Gasteiger charge is -2.18. The number of halogens is 2. The highest BCUT2D eigenvalue weighted by molar-refractivity contribution is 6.35. The number of hydrogen-bond acceptors (Lipinski definition) is 5. The molecule has 1 aromatic carbocycles. The highest BCUT2D eigenvalue weighted by atomic mass is 35.5. The van der Waals surface area contributed by atoms with E-state index in [1.807, 2.05) is 28.8 Å². The first-order valence-electron chi connectivity index (χ1n) is 8.80. The molecular weight excluding hydrogens is 385 g/mol. The van der Waals surface area contributed by atoms with E-state index in [1.165, 1.54) is 6.20 Å². The number of fused-ring (bicyclic) bond motifs is 1. The van der Waals surface area contributed by atoms with Crippen LogP contribution in [0.1, 0.15) is 13.8 Å². The molecule has 0 saturated carbocycles. The van der Waals surface area contributed by atoms with Gasteiger partial charge in [-0.25, -0.2) is 4.98 Å². The van der Waals surface area contributed by atoms with Gasteiger partial charge in [-0.2, -0.15) is 0 Å². The zero-order chi connectivity index (χ0) is 19.4. The Labute approximate surface area is 168 Å². The Bertz CT molecular complexity index is 966. The minimum absolute atomic E-state index is 0.0807. The number of likely N-dealkylation sites (N-methyl/N-ethyl adjacent to an activating group) is 1. The van der Waals surface area contributed by atoms with Crippen LogP contribution < -0.4 is 0 Å². The molecule has 0 unspecified atom stereocenters. The van der Waals surface area contributed by atoms with E-state index in [4.69, 9.17) is 23.2 Å². The van der Waals surface area contributed by atoms with Crippen LogP contribution in [-0.2, 0) is 6.54 Å². The normalized spacial score (nSPS) is 11.9. The Morgan fingerprint density at radius 1 is 1.15 bits per heavy atom. The number of nitrogens with zero attached hydrogens (tertiary/aromatic N) is 5. The first-order valence-corrected chi connectivity index (χ1v) is 9.56. The third-order valence-corrected chi connectivity index (χ3v) is 4.97. The predicted octanol–water partition coefficient (Wildman–Crippen LogP) is 5.81. The van der Waals surface area contributed by atoms with Crippen molar-refractivity contribution < 1.29 is 5.11 Å². The fourth-order valence-corrected chi connectivity index (χ4v) is 3.37. The summed E-state index contributed by atoms with van der Waals surface area (Å²) in [5.41, 5.74) is 1.31. The molecule has 27 heavy (non-hydrogen) atoms. The summed E-state index contributed by atoms with van der Waals surface area (Å²) < 4.78 is 1.86. The third-order valence-electron chi connectivity index (χ3n) is 4.48. The topological polar surface area (TPSA) is 66.0 Å². The molecule has 2 heterocycles. The van der Waals surface area contributed by atoms with Crippen molar-refractivity contribution in [2.24, 2.45) is 10.2 Å². The van der Waals surface area contributed by atoms with Gasteiger partial charge in [-0.05, 0) is 25.2 Å². The molecule has 0 saturated heterocycles. The van der Waals surface area contributed by atoms with E-state index in [2.05, 4.69) is 34.0 Å². The Balaban J connectivity index is 1.98. The van der Waals surface area contributed by atoms with Crippen molar-refractivity contribution in [3.05, 3.63) is 46.6 Å². The zero-order valence-electron chi connectivity index (χ0n) is 15.2. The maximum absolute atomic E-state index is 10.8. The monoisotopic (exact) mass is 405 g/mol. The van der Waals surface area contributed by atoms with Gasteiger partial charge in [-0.3, -0.25) is 0 Å². The minimum atomic E-state index is 0.0807. The second-order valence-corrected chi connectivity index (χ2v) is 6.87. The van der Waals surface area contributed by atoms with E-state index in [-0.39, 0.29) is 11.7 Å². The lowest BCUT2D eigenvalue weighted by atomic mass is 10.2. The molecule has 6 nitrogen and oxygen atoms in total. The van der Waals surface area contributed by atoms with Crippen molar-refractivity contribution in [3.63, 3.8) is 0 Å². The summed E-state index contributed by atoms with van der Waals surface area (Å²) in [7, 11) is 0. The molecule has 8 heteroatoms. The molecule has 0 fully saturated rings. The Hall–Kier alpha value is -2.15. The van der Waals surface area contributed by atoms with Crippen LogP contribution in [0.5, 0.6) is 5.88 Å². The number of aromatic hydroxyl groups is 1. The van der Waals surface area contributed by atoms with E-state index >= 15 is 0 Å². The molecule has 0 aliphatic carbocycles. The summed E-state index contributed by atoms with van der Waals surface area (Å²) >= 11 is 12.0. The van der Waals surface area contributed by atoms with Crippen LogP contribution in [0.25, 0.3) is 10.9 Å². The number of para-hydroxylation sites is 1. The van der Waals surface area contributed by atoms with E-state index in [0.29, 0.717) is 22.3 Å². The van der Waals surface area contributed by atoms with Crippen molar-refractivity contribution in [1.29, 1.82) is 0 Å². The standard InChI is InChI=1S/C19H21Cl2N5O/c1-3-25(4-2)9-10-26-16-8-6-5-7-14(16)17(19(26)27)23-24-18-15(21)11-13(20)12-22-18/h5-8,11-12,27H,3-4,9-10H2,1-2H3. The van der Waals surface area contributed by atoms with Crippen molar-refractivity contribution in [2.75, 3.05) is 19.6 Å². The smallest absolute Gasteiger partial charge is 0.220 e. The van der Waals surface area contributed by atoms with Gasteiger partial charge >= 0.3 is 0 Å². The average molecular weight is 406 g/mol. The van der Waals surface area contributed by atoms with Gasteiger partial charge in [0.15, 0.2) is 11.5 Å². The molecule has 0 bridgehead atoms. The van der Waals surface area contributed by atoms with Crippen LogP contribution in [0.4, 0.5) is 11.5 Å². The Kier molecular flexibility index (Phi) is 6.31. The van der Waals surface area contributed by atoms with Crippen molar-refractivity contribution in [2.45, 2.75) is 20.4 Å². The SMILES string of the molecule is CCN(CC)CCn1c(O)c(N=Nc2ncc(Cl)cc2Cl)c2ccccc21. The van der Waals surface area contributed by atoms with Crippen LogP contribution in [-0.4, -0.2) is 39.2 Å². The van der Waals surface area contributed by atoms with Crippen LogP contribution >= 0.6 is 23.2 Å². The van der Waals surface area contributed by atoms with E-state index in [0.717, 1.165) is 30.5 Å². The van der Waals surface area contributed by atoms with Gasteiger partial charge in [0.2, 0.25) is 5.88 Å². The summed E-state index contributed by atoms with van der Waals surface area (Å²) in [5, 5.41) is 20.7. The molecule has 0 radical (unpaired) electrons. The molecule has 0 spiro atoms. The fraction of sp³-hybridized carbons (Fsp3) is 0.316. The third kappa shape index (κ3) is 4.24. The lowest BCUT2D eigenvalue weighted by molar-refractivity contribution is 0.285. The maximum Gasteiger partial charge on any atom is 0.220 e. The molecule has 1 N–H and O–H groups in total. The summed E-state index contributed by atoms with van der Waals surface area (Å²) in [6.07, 6.45) is 1.45. The highest BCUT2D eigenvalue weighted by Crippen LogP contribution is 2.39. The summed E-state index contributed by atoms with van der Waals surface area (Å²) in [6.45, 7) is 7.66. The van der Waals surface area contributed by atoms with E-state index in [9.17, 15) is 5.11 Å². The second-order valence-electron chi connectivity index (χ2n) is 6.03. The maximum atomic E-state index is 10.8. The van der Waals surface area contributed by atoms with Crippen molar-refractivity contribution >= 4 is 45.6 Å². The average Bonchev–Trinajstić information content (AvgIpc) is 2.93. The van der Waals surface area contributed by atoms with Gasteiger partial charge in [0.25, 0.3) is 0 Å². The van der Waals surface area contributed by atoms with E-state index < -0.39 is 0 Å². The van der Waals surface area contributed by atoms with Crippen LogP contribution in [0, 0.1) is 0 Å². The minimum Gasteiger partial charge on any atom is -0.493 e. The lowest BCUT2D eigenvalue weighted by Crippen LogP contribution is -2.26. The molecule has 3 rings (SSSR count). The first-order chi connectivity index (χ1) is 13.0. The van der Waals surface area contributed by atoms with Crippen LogP contribution in [0.2, 0.25) is 10.0 Å². The van der Waals surface area contributed by atoms with Gasteiger partial charge < -0.3 is 14.6 Å². The van der Waals surface area contributed by atoms with Crippen LogP contribution in [0.15, 0.2) is 46.8 Å². The molecule has 3 aromatic rings. The largest absolute Gasteiger partial charge is 0.493 e. The van der Waals surface area contributed by atoms with E-state index in [1.54, 1.807) is 6.07 Å². The quantitative estimate of drug-likeness (QED) is 0.504. The highest BCUT2D eigenvalue weighted by Gasteiger charge is 2.17. The summed E-state index contributed by atoms with van der Waals surface area (Å²) in [5.74, 6) is 0.331. The summed E-state index contributed by atoms with van der Waals surface area (Å²) in [6, 6.07) is 9.27. The Morgan fingerprint density at radius 3 is 2.59 bits per heavy atom. The first kappa shape index (κ1) is 19.6. The fourth-order valence-electron chi connectivity index (χ4n) is 2.96. The van der Waals surface area contributed by atoms with Crippen molar-refractivity contribution in [1.82, 2.24) is 14.5 Å². The number of hydrogen-bond donors (Lipinski definition) is 1. The molecule has 142 valence electrons. The number of rotatable bonds is 7. The molecule has 2 aromatic heterocycles. The molecule has 0 aliphatic heterocycles. The zero-order valence-corrected chi connectivity index (χ0v) is 16.7. The van der Waals surface area contributed by atoms with Gasteiger partial charge in [-0.15, -0.1) is 10.2 Å². The van der Waals surface area contributed by atoms with Gasteiger partial charge in [0.05, 0.1) is 15.6 Å². The summed E-state index contributed by atoms with van der Waals surface area (Å²) in [4.78, 5) is 6.37. The van der Waals surface area contributed by atoms with Crippen molar-refractivity contribution in [3.8, 4) is 5.88 Å². The molecular formula is C19H21Cl2N5O. The number of aromatic nitrogens is 2. The van der Waals surface area contributed by atoms with Gasteiger partial charge in [-0.1, -0.05) is 55.2 Å². The molecule has 0 aliphatic rings.